The van der Waals surface area contributed by atoms with E-state index in [0.29, 0.717) is 11.2 Å². The van der Waals surface area contributed by atoms with Crippen LogP contribution in [0.5, 0.6) is 0 Å². The molecular formula is C15H22ClN5. The van der Waals surface area contributed by atoms with E-state index in [1.165, 1.54) is 32.1 Å². The summed E-state index contributed by atoms with van der Waals surface area (Å²) in [6, 6.07) is 0.636. The lowest BCUT2D eigenvalue weighted by molar-refractivity contribution is 0.181. The number of halogens is 1. The second kappa shape index (κ2) is 6.28. The van der Waals surface area contributed by atoms with Gasteiger partial charge in [0.15, 0.2) is 5.65 Å². The standard InChI is InChI=1S/C15H22ClN5/c1-3-11-7-5-4-6-8-21(11)10-13-18-14(16)12-9-17-20(2)15(12)19-13/h9,11H,3-8,10H2,1-2H3. The average Bonchev–Trinajstić information content (AvgIpc) is 2.71. The van der Waals surface area contributed by atoms with Crippen LogP contribution in [0.1, 0.15) is 44.9 Å². The van der Waals surface area contributed by atoms with Gasteiger partial charge in [-0.1, -0.05) is 31.4 Å². The van der Waals surface area contributed by atoms with E-state index >= 15 is 0 Å². The summed E-state index contributed by atoms with van der Waals surface area (Å²) in [7, 11) is 1.89. The minimum Gasteiger partial charge on any atom is -0.293 e. The molecule has 3 heterocycles. The highest BCUT2D eigenvalue weighted by atomic mass is 35.5. The summed E-state index contributed by atoms with van der Waals surface area (Å²) in [5, 5.41) is 5.54. The fourth-order valence-electron chi connectivity index (χ4n) is 3.19. The second-order valence-corrected chi connectivity index (χ2v) is 6.18. The van der Waals surface area contributed by atoms with E-state index in [0.717, 1.165) is 29.9 Å². The highest BCUT2D eigenvalue weighted by Gasteiger charge is 2.21. The van der Waals surface area contributed by atoms with Crippen molar-refractivity contribution < 1.29 is 0 Å². The quantitative estimate of drug-likeness (QED) is 0.817. The van der Waals surface area contributed by atoms with Crippen LogP contribution in [0, 0.1) is 0 Å². The Morgan fingerprint density at radius 1 is 1.29 bits per heavy atom. The van der Waals surface area contributed by atoms with Crippen molar-refractivity contribution in [1.29, 1.82) is 0 Å². The van der Waals surface area contributed by atoms with Gasteiger partial charge in [0.25, 0.3) is 0 Å². The maximum Gasteiger partial charge on any atom is 0.162 e. The molecule has 2 aromatic rings. The van der Waals surface area contributed by atoms with E-state index in [2.05, 4.69) is 26.9 Å². The lowest BCUT2D eigenvalue weighted by Crippen LogP contribution is -2.34. The van der Waals surface area contributed by atoms with Crippen LogP contribution >= 0.6 is 11.6 Å². The van der Waals surface area contributed by atoms with Crippen molar-refractivity contribution in [1.82, 2.24) is 24.6 Å². The number of nitrogens with zero attached hydrogens (tertiary/aromatic N) is 5. The van der Waals surface area contributed by atoms with E-state index in [4.69, 9.17) is 11.6 Å². The smallest absolute Gasteiger partial charge is 0.162 e. The van der Waals surface area contributed by atoms with E-state index in [-0.39, 0.29) is 0 Å². The van der Waals surface area contributed by atoms with Crippen molar-refractivity contribution in [2.24, 2.45) is 7.05 Å². The Kier molecular flexibility index (Phi) is 4.40. The minimum atomic E-state index is 0.506. The van der Waals surface area contributed by atoms with Gasteiger partial charge in [-0.3, -0.25) is 9.58 Å². The molecule has 0 bridgehead atoms. The van der Waals surface area contributed by atoms with Crippen LogP contribution in [0.25, 0.3) is 11.0 Å². The molecule has 114 valence electrons. The van der Waals surface area contributed by atoms with Gasteiger partial charge in [0, 0.05) is 13.1 Å². The Morgan fingerprint density at radius 3 is 2.95 bits per heavy atom. The lowest BCUT2D eigenvalue weighted by atomic mass is 10.1. The van der Waals surface area contributed by atoms with Crippen molar-refractivity contribution in [2.75, 3.05) is 6.54 Å². The molecule has 1 saturated heterocycles. The number of aryl methyl sites for hydroxylation is 1. The summed E-state index contributed by atoms with van der Waals surface area (Å²) < 4.78 is 1.76. The van der Waals surface area contributed by atoms with E-state index in [1.807, 2.05) is 7.05 Å². The predicted octanol–water partition coefficient (Wildman–Crippen LogP) is 3.17. The molecule has 0 aliphatic carbocycles. The summed E-state index contributed by atoms with van der Waals surface area (Å²) in [4.78, 5) is 11.6. The number of likely N-dealkylation sites (tertiary alicyclic amines) is 1. The van der Waals surface area contributed by atoms with Crippen LogP contribution in [0.2, 0.25) is 5.15 Å². The average molecular weight is 308 g/mol. The Labute approximate surface area is 130 Å². The predicted molar refractivity (Wildman–Crippen MR) is 84.3 cm³/mol. The molecule has 1 unspecified atom stereocenters. The molecule has 0 aromatic carbocycles. The van der Waals surface area contributed by atoms with Crippen molar-refractivity contribution in [3.8, 4) is 0 Å². The first-order valence-electron chi connectivity index (χ1n) is 7.77. The van der Waals surface area contributed by atoms with Gasteiger partial charge in [0.2, 0.25) is 0 Å². The van der Waals surface area contributed by atoms with Crippen LogP contribution in [-0.2, 0) is 13.6 Å². The maximum atomic E-state index is 6.27. The third kappa shape index (κ3) is 3.04. The van der Waals surface area contributed by atoms with E-state index in [9.17, 15) is 0 Å². The zero-order chi connectivity index (χ0) is 14.8. The van der Waals surface area contributed by atoms with Crippen molar-refractivity contribution >= 4 is 22.6 Å². The third-order valence-corrected chi connectivity index (χ3v) is 4.69. The van der Waals surface area contributed by atoms with Gasteiger partial charge in [-0.05, 0) is 25.8 Å². The first-order chi connectivity index (χ1) is 10.2. The zero-order valence-corrected chi connectivity index (χ0v) is 13.5. The second-order valence-electron chi connectivity index (χ2n) is 5.82. The van der Waals surface area contributed by atoms with Crippen LogP contribution in [0.4, 0.5) is 0 Å². The van der Waals surface area contributed by atoms with Gasteiger partial charge in [-0.25, -0.2) is 9.97 Å². The molecule has 6 heteroatoms. The fraction of sp³-hybridized carbons (Fsp3) is 0.667. The maximum absolute atomic E-state index is 6.27. The summed E-state index contributed by atoms with van der Waals surface area (Å²) >= 11 is 6.27. The van der Waals surface area contributed by atoms with Gasteiger partial charge in [-0.15, -0.1) is 0 Å². The van der Waals surface area contributed by atoms with Crippen LogP contribution in [0.3, 0.4) is 0 Å². The Balaban J connectivity index is 1.87. The number of fused-ring (bicyclic) bond motifs is 1. The van der Waals surface area contributed by atoms with Gasteiger partial charge >= 0.3 is 0 Å². The normalized spacial score (nSPS) is 20.8. The van der Waals surface area contributed by atoms with Crippen LogP contribution < -0.4 is 0 Å². The molecule has 1 aliphatic heterocycles. The van der Waals surface area contributed by atoms with Gasteiger partial charge < -0.3 is 0 Å². The largest absolute Gasteiger partial charge is 0.293 e. The zero-order valence-electron chi connectivity index (χ0n) is 12.7. The number of aromatic nitrogens is 4. The number of rotatable bonds is 3. The van der Waals surface area contributed by atoms with Crippen molar-refractivity contribution in [3.63, 3.8) is 0 Å². The lowest BCUT2D eigenvalue weighted by Gasteiger charge is -2.28. The highest BCUT2D eigenvalue weighted by molar-refractivity contribution is 6.33. The van der Waals surface area contributed by atoms with Gasteiger partial charge in [0.1, 0.15) is 11.0 Å². The van der Waals surface area contributed by atoms with Crippen molar-refractivity contribution in [3.05, 3.63) is 17.2 Å². The summed E-state index contributed by atoms with van der Waals surface area (Å²) in [5.74, 6) is 0.802. The molecular weight excluding hydrogens is 286 g/mol. The van der Waals surface area contributed by atoms with Crippen LogP contribution in [-0.4, -0.2) is 37.2 Å². The van der Waals surface area contributed by atoms with Gasteiger partial charge in [-0.2, -0.15) is 5.10 Å². The monoisotopic (exact) mass is 307 g/mol. The van der Waals surface area contributed by atoms with Gasteiger partial charge in [0.05, 0.1) is 18.1 Å². The molecule has 0 N–H and O–H groups in total. The molecule has 21 heavy (non-hydrogen) atoms. The fourth-order valence-corrected chi connectivity index (χ4v) is 3.42. The Morgan fingerprint density at radius 2 is 2.14 bits per heavy atom. The molecule has 0 spiro atoms. The Hall–Kier alpha value is -1.20. The third-order valence-electron chi connectivity index (χ3n) is 4.41. The minimum absolute atomic E-state index is 0.506. The van der Waals surface area contributed by atoms with E-state index in [1.54, 1.807) is 10.9 Å². The highest BCUT2D eigenvalue weighted by Crippen LogP contribution is 2.23. The number of hydrogen-bond donors (Lipinski definition) is 0. The van der Waals surface area contributed by atoms with Crippen LogP contribution in [0.15, 0.2) is 6.20 Å². The molecule has 3 rings (SSSR count). The SMILES string of the molecule is CCC1CCCCCN1Cc1nc(Cl)c2cnn(C)c2n1. The number of hydrogen-bond acceptors (Lipinski definition) is 4. The molecule has 1 fully saturated rings. The topological polar surface area (TPSA) is 46.8 Å². The molecule has 0 radical (unpaired) electrons. The molecule has 5 nitrogen and oxygen atoms in total. The summed E-state index contributed by atoms with van der Waals surface area (Å²) in [6.07, 6.45) is 8.10. The Bertz CT molecular complexity index is 624. The van der Waals surface area contributed by atoms with E-state index < -0.39 is 0 Å². The van der Waals surface area contributed by atoms with Crippen molar-refractivity contribution in [2.45, 2.75) is 51.6 Å². The molecule has 0 saturated carbocycles. The first kappa shape index (κ1) is 14.7. The molecule has 2 aromatic heterocycles. The molecule has 1 atom stereocenters. The molecule has 0 amide bonds. The summed E-state index contributed by atoms with van der Waals surface area (Å²) in [5.41, 5.74) is 0.813. The first-order valence-corrected chi connectivity index (χ1v) is 8.15. The summed E-state index contributed by atoms with van der Waals surface area (Å²) in [6.45, 7) is 4.17. The molecule has 1 aliphatic rings.